The highest BCUT2D eigenvalue weighted by Crippen LogP contribution is 2.23. The Balaban J connectivity index is 1.35. The molecule has 31 heavy (non-hydrogen) atoms. The van der Waals surface area contributed by atoms with E-state index in [1.54, 1.807) is 41.4 Å². The fraction of sp³-hybridized carbons (Fsp3) is 0.273. The molecule has 3 aromatic rings. The van der Waals surface area contributed by atoms with Crippen LogP contribution in [0, 0.1) is 6.92 Å². The summed E-state index contributed by atoms with van der Waals surface area (Å²) in [5.41, 5.74) is 2.17. The highest BCUT2D eigenvalue weighted by Gasteiger charge is 2.30. The lowest BCUT2D eigenvalue weighted by Gasteiger charge is -2.34. The first-order chi connectivity index (χ1) is 15.0. The maximum atomic E-state index is 12.8. The zero-order valence-electron chi connectivity index (χ0n) is 17.2. The first-order valence-electron chi connectivity index (χ1n) is 10.0. The summed E-state index contributed by atoms with van der Waals surface area (Å²) in [6, 6.07) is 16.4. The molecule has 4 rings (SSSR count). The van der Waals surface area contributed by atoms with Crippen molar-refractivity contribution < 1.29 is 13.2 Å². The highest BCUT2D eigenvalue weighted by atomic mass is 32.2. The van der Waals surface area contributed by atoms with Crippen LogP contribution in [-0.4, -0.2) is 65.0 Å². The summed E-state index contributed by atoms with van der Waals surface area (Å²) in [5.74, 6) is 0.245. The third kappa shape index (κ3) is 4.68. The number of aromatic nitrogens is 2. The molecule has 162 valence electrons. The molecule has 2 aromatic carbocycles. The zero-order valence-corrected chi connectivity index (χ0v) is 18.8. The number of aryl methyl sites for hydroxylation is 1. The van der Waals surface area contributed by atoms with Crippen LogP contribution in [0.5, 0.6) is 0 Å². The van der Waals surface area contributed by atoms with Gasteiger partial charge in [-0.2, -0.15) is 4.31 Å². The van der Waals surface area contributed by atoms with Gasteiger partial charge in [-0.15, -0.1) is 0 Å². The van der Waals surface area contributed by atoms with Gasteiger partial charge in [0.05, 0.1) is 16.3 Å². The summed E-state index contributed by atoms with van der Waals surface area (Å²) >= 11 is 1.39. The number of hydrogen-bond donors (Lipinski definition) is 0. The largest absolute Gasteiger partial charge is 0.339 e. The van der Waals surface area contributed by atoms with Gasteiger partial charge in [0.15, 0.2) is 5.16 Å². The molecule has 0 saturated carbocycles. The summed E-state index contributed by atoms with van der Waals surface area (Å²) in [6.45, 7) is 3.41. The van der Waals surface area contributed by atoms with E-state index in [-0.39, 0.29) is 16.6 Å². The smallest absolute Gasteiger partial charge is 0.243 e. The van der Waals surface area contributed by atoms with Crippen molar-refractivity contribution in [1.29, 1.82) is 0 Å². The van der Waals surface area contributed by atoms with Crippen LogP contribution in [0.4, 0.5) is 0 Å². The summed E-state index contributed by atoms with van der Waals surface area (Å²) in [6.07, 6.45) is 3.62. The molecule has 1 aliphatic rings. The first kappa shape index (κ1) is 21.6. The van der Waals surface area contributed by atoms with E-state index in [0.29, 0.717) is 26.2 Å². The molecule has 0 atom stereocenters. The van der Waals surface area contributed by atoms with E-state index in [2.05, 4.69) is 4.98 Å². The Morgan fingerprint density at radius 3 is 2.39 bits per heavy atom. The predicted molar refractivity (Wildman–Crippen MR) is 121 cm³/mol. The Bertz CT molecular complexity index is 1150. The van der Waals surface area contributed by atoms with Crippen LogP contribution in [0.3, 0.4) is 0 Å². The zero-order chi connectivity index (χ0) is 21.8. The second kappa shape index (κ2) is 9.25. The summed E-state index contributed by atoms with van der Waals surface area (Å²) in [5, 5.41) is 0.757. The molecule has 0 N–H and O–H groups in total. The van der Waals surface area contributed by atoms with Crippen molar-refractivity contribution in [1.82, 2.24) is 18.8 Å². The van der Waals surface area contributed by atoms with Crippen LogP contribution in [0.25, 0.3) is 5.69 Å². The van der Waals surface area contributed by atoms with E-state index in [0.717, 1.165) is 16.4 Å². The summed E-state index contributed by atoms with van der Waals surface area (Å²) in [4.78, 5) is 19.1. The standard InChI is InChI=1S/C22H24N4O3S2/c1-18-7-5-6-10-20(18)26-12-11-23-22(26)30-17-21(27)24-13-15-25(16-14-24)31(28,29)19-8-3-2-4-9-19/h2-12H,13-17H2,1H3. The van der Waals surface area contributed by atoms with Gasteiger partial charge in [0, 0.05) is 38.6 Å². The molecule has 0 radical (unpaired) electrons. The van der Waals surface area contributed by atoms with Gasteiger partial charge < -0.3 is 4.90 Å². The summed E-state index contributed by atoms with van der Waals surface area (Å²) in [7, 11) is -3.52. The molecule has 9 heteroatoms. The third-order valence-electron chi connectivity index (χ3n) is 5.28. The van der Waals surface area contributed by atoms with E-state index in [1.165, 1.54) is 16.1 Å². The minimum absolute atomic E-state index is 0.0129. The number of rotatable bonds is 6. The molecule has 0 aliphatic carbocycles. The van der Waals surface area contributed by atoms with Crippen molar-refractivity contribution in [2.45, 2.75) is 17.0 Å². The predicted octanol–water partition coefficient (Wildman–Crippen LogP) is 2.81. The summed E-state index contributed by atoms with van der Waals surface area (Å²) < 4.78 is 28.9. The molecule has 0 spiro atoms. The number of carbonyl (C=O) groups excluding carboxylic acids is 1. The lowest BCUT2D eigenvalue weighted by Crippen LogP contribution is -2.50. The molecular formula is C22H24N4O3S2. The van der Waals surface area contributed by atoms with Gasteiger partial charge in [0.1, 0.15) is 0 Å². The Labute approximate surface area is 186 Å². The average molecular weight is 457 g/mol. The number of piperazine rings is 1. The topological polar surface area (TPSA) is 75.5 Å². The van der Waals surface area contributed by atoms with E-state index in [4.69, 9.17) is 0 Å². The number of carbonyl (C=O) groups is 1. The van der Waals surface area contributed by atoms with Gasteiger partial charge in [-0.1, -0.05) is 48.2 Å². The van der Waals surface area contributed by atoms with Gasteiger partial charge in [-0.25, -0.2) is 13.4 Å². The van der Waals surface area contributed by atoms with Crippen LogP contribution >= 0.6 is 11.8 Å². The normalized spacial score (nSPS) is 15.2. The maximum absolute atomic E-state index is 12.8. The van der Waals surface area contributed by atoms with Crippen LogP contribution < -0.4 is 0 Å². The quantitative estimate of drug-likeness (QED) is 0.533. The minimum Gasteiger partial charge on any atom is -0.339 e. The van der Waals surface area contributed by atoms with E-state index < -0.39 is 10.0 Å². The van der Waals surface area contributed by atoms with E-state index in [9.17, 15) is 13.2 Å². The molecule has 1 aliphatic heterocycles. The molecule has 1 amide bonds. The van der Waals surface area contributed by atoms with Crippen LogP contribution in [0.1, 0.15) is 5.56 Å². The third-order valence-corrected chi connectivity index (χ3v) is 8.14. The Kier molecular flexibility index (Phi) is 6.45. The maximum Gasteiger partial charge on any atom is 0.243 e. The van der Waals surface area contributed by atoms with Crippen molar-refractivity contribution in [3.63, 3.8) is 0 Å². The highest BCUT2D eigenvalue weighted by molar-refractivity contribution is 7.99. The monoisotopic (exact) mass is 456 g/mol. The molecule has 2 heterocycles. The second-order valence-corrected chi connectivity index (χ2v) is 10.1. The van der Waals surface area contributed by atoms with Gasteiger partial charge in [-0.05, 0) is 30.7 Å². The molecular weight excluding hydrogens is 432 g/mol. The number of benzene rings is 2. The van der Waals surface area contributed by atoms with E-state index >= 15 is 0 Å². The first-order valence-corrected chi connectivity index (χ1v) is 12.4. The van der Waals surface area contributed by atoms with Gasteiger partial charge in [-0.3, -0.25) is 9.36 Å². The fourth-order valence-electron chi connectivity index (χ4n) is 3.55. The Morgan fingerprint density at radius 1 is 1.00 bits per heavy atom. The van der Waals surface area contributed by atoms with Crippen LogP contribution in [-0.2, 0) is 14.8 Å². The molecule has 1 fully saturated rings. The van der Waals surface area contributed by atoms with Crippen molar-refractivity contribution in [3.8, 4) is 5.69 Å². The lowest BCUT2D eigenvalue weighted by atomic mass is 10.2. The number of thioether (sulfide) groups is 1. The van der Waals surface area contributed by atoms with Crippen molar-refractivity contribution in [2.24, 2.45) is 0 Å². The number of para-hydroxylation sites is 1. The average Bonchev–Trinajstić information content (AvgIpc) is 3.27. The van der Waals surface area contributed by atoms with Gasteiger partial charge in [0.2, 0.25) is 15.9 Å². The van der Waals surface area contributed by atoms with Crippen LogP contribution in [0.15, 0.2) is 77.0 Å². The second-order valence-electron chi connectivity index (χ2n) is 7.25. The van der Waals surface area contributed by atoms with Crippen molar-refractivity contribution in [2.75, 3.05) is 31.9 Å². The van der Waals surface area contributed by atoms with Gasteiger partial charge in [0.25, 0.3) is 0 Å². The van der Waals surface area contributed by atoms with Crippen molar-refractivity contribution in [3.05, 3.63) is 72.6 Å². The number of nitrogens with zero attached hydrogens (tertiary/aromatic N) is 4. The fourth-order valence-corrected chi connectivity index (χ4v) is 5.86. The van der Waals surface area contributed by atoms with E-state index in [1.807, 2.05) is 42.0 Å². The Morgan fingerprint density at radius 2 is 1.68 bits per heavy atom. The molecule has 0 unspecified atom stereocenters. The molecule has 7 nitrogen and oxygen atoms in total. The lowest BCUT2D eigenvalue weighted by molar-refractivity contribution is -0.129. The molecule has 0 bridgehead atoms. The number of amides is 1. The number of sulfonamides is 1. The van der Waals surface area contributed by atoms with Crippen molar-refractivity contribution >= 4 is 27.7 Å². The Hall–Kier alpha value is -2.62. The van der Waals surface area contributed by atoms with Crippen LogP contribution in [0.2, 0.25) is 0 Å². The number of hydrogen-bond acceptors (Lipinski definition) is 5. The number of imidazole rings is 1. The molecule has 1 saturated heterocycles. The SMILES string of the molecule is Cc1ccccc1-n1ccnc1SCC(=O)N1CCN(S(=O)(=O)c2ccccc2)CC1. The molecule has 1 aromatic heterocycles. The van der Waals surface area contributed by atoms with Gasteiger partial charge >= 0.3 is 0 Å². The minimum atomic E-state index is -3.52.